The van der Waals surface area contributed by atoms with Crippen molar-refractivity contribution < 1.29 is 14.7 Å². The predicted molar refractivity (Wildman–Crippen MR) is 82.6 cm³/mol. The molecule has 0 bridgehead atoms. The molecule has 1 aliphatic rings. The van der Waals surface area contributed by atoms with E-state index in [0.29, 0.717) is 18.0 Å². The number of rotatable bonds is 4. The number of thiazole rings is 1. The summed E-state index contributed by atoms with van der Waals surface area (Å²) in [5, 5.41) is 14.6. The van der Waals surface area contributed by atoms with Crippen molar-refractivity contribution in [3.05, 3.63) is 11.1 Å². The number of nitrogens with zero attached hydrogens (tertiary/aromatic N) is 1. The molecule has 2 rings (SSSR count). The lowest BCUT2D eigenvalue weighted by atomic mass is 9.82. The van der Waals surface area contributed by atoms with Crippen LogP contribution >= 0.6 is 11.3 Å². The fourth-order valence-electron chi connectivity index (χ4n) is 2.66. The number of amides is 1. The van der Waals surface area contributed by atoms with E-state index in [-0.39, 0.29) is 17.7 Å². The predicted octanol–water partition coefficient (Wildman–Crippen LogP) is 3.41. The maximum atomic E-state index is 12.1. The van der Waals surface area contributed by atoms with Crippen LogP contribution in [0.1, 0.15) is 58.6 Å². The number of hydrogen-bond acceptors (Lipinski definition) is 4. The van der Waals surface area contributed by atoms with Crippen LogP contribution in [-0.2, 0) is 15.0 Å². The van der Waals surface area contributed by atoms with Crippen LogP contribution in [0.2, 0.25) is 0 Å². The van der Waals surface area contributed by atoms with Gasteiger partial charge in [-0.05, 0) is 12.8 Å². The molecule has 1 aromatic rings. The van der Waals surface area contributed by atoms with E-state index in [2.05, 4.69) is 31.1 Å². The Bertz CT molecular complexity index is 539. The Hall–Kier alpha value is -1.43. The third kappa shape index (κ3) is 3.61. The van der Waals surface area contributed by atoms with Crippen molar-refractivity contribution >= 4 is 28.3 Å². The Balaban J connectivity index is 2.01. The molecule has 0 spiro atoms. The summed E-state index contributed by atoms with van der Waals surface area (Å²) in [4.78, 5) is 28.0. The molecule has 0 aromatic carbocycles. The molecular formula is C15H22N2O3S. The molecule has 1 aromatic heterocycles. The first kappa shape index (κ1) is 15.9. The van der Waals surface area contributed by atoms with Crippen molar-refractivity contribution in [2.24, 2.45) is 5.41 Å². The summed E-state index contributed by atoms with van der Waals surface area (Å²) < 4.78 is 0. The second-order valence-corrected chi connectivity index (χ2v) is 7.66. The van der Waals surface area contributed by atoms with Crippen molar-refractivity contribution in [3.63, 3.8) is 0 Å². The van der Waals surface area contributed by atoms with Gasteiger partial charge < -0.3 is 10.4 Å². The highest BCUT2D eigenvalue weighted by Gasteiger charge is 2.43. The first-order valence-electron chi connectivity index (χ1n) is 7.22. The summed E-state index contributed by atoms with van der Waals surface area (Å²) in [7, 11) is 0. The molecule has 0 radical (unpaired) electrons. The topological polar surface area (TPSA) is 79.3 Å². The van der Waals surface area contributed by atoms with E-state index in [9.17, 15) is 14.7 Å². The van der Waals surface area contributed by atoms with Crippen molar-refractivity contribution in [1.82, 2.24) is 4.98 Å². The molecule has 1 heterocycles. The zero-order valence-corrected chi connectivity index (χ0v) is 13.5. The number of aliphatic carboxylic acids is 1. The van der Waals surface area contributed by atoms with E-state index < -0.39 is 11.4 Å². The van der Waals surface area contributed by atoms with Gasteiger partial charge in [-0.3, -0.25) is 9.59 Å². The molecule has 1 fully saturated rings. The summed E-state index contributed by atoms with van der Waals surface area (Å²) in [6.07, 6.45) is 2.96. The molecule has 2 N–H and O–H groups in total. The van der Waals surface area contributed by atoms with Gasteiger partial charge in [-0.1, -0.05) is 33.6 Å². The maximum absolute atomic E-state index is 12.1. The summed E-state index contributed by atoms with van der Waals surface area (Å²) in [5.74, 6) is -1.11. The monoisotopic (exact) mass is 310 g/mol. The van der Waals surface area contributed by atoms with Crippen LogP contribution in [0, 0.1) is 5.41 Å². The summed E-state index contributed by atoms with van der Waals surface area (Å²) >= 11 is 1.38. The lowest BCUT2D eigenvalue weighted by Crippen LogP contribution is -2.32. The number of anilines is 1. The Morgan fingerprint density at radius 2 is 2.00 bits per heavy atom. The lowest BCUT2D eigenvalue weighted by molar-refractivity contribution is -0.150. The second-order valence-electron chi connectivity index (χ2n) is 6.81. The minimum Gasteiger partial charge on any atom is -0.481 e. The molecule has 1 aliphatic carbocycles. The molecule has 21 heavy (non-hydrogen) atoms. The van der Waals surface area contributed by atoms with Gasteiger partial charge in [0, 0.05) is 17.2 Å². The summed E-state index contributed by atoms with van der Waals surface area (Å²) in [6, 6.07) is 0. The first-order valence-corrected chi connectivity index (χ1v) is 8.10. The molecule has 1 saturated carbocycles. The molecule has 0 unspecified atom stereocenters. The molecular weight excluding hydrogens is 288 g/mol. The quantitative estimate of drug-likeness (QED) is 0.893. The van der Waals surface area contributed by atoms with Gasteiger partial charge in [0.15, 0.2) is 5.13 Å². The van der Waals surface area contributed by atoms with Gasteiger partial charge in [0.05, 0.1) is 11.1 Å². The third-order valence-electron chi connectivity index (χ3n) is 4.03. The molecule has 116 valence electrons. The zero-order chi connectivity index (χ0) is 15.7. The van der Waals surface area contributed by atoms with E-state index in [1.54, 1.807) is 0 Å². The van der Waals surface area contributed by atoms with Gasteiger partial charge >= 0.3 is 5.97 Å². The number of carbonyl (C=O) groups excluding carboxylic acids is 1. The lowest BCUT2D eigenvalue weighted by Gasteiger charge is -2.22. The molecule has 1 amide bonds. The van der Waals surface area contributed by atoms with Gasteiger partial charge in [0.1, 0.15) is 0 Å². The number of carbonyl (C=O) groups is 2. The Labute approximate surface area is 128 Å². The van der Waals surface area contributed by atoms with Crippen LogP contribution < -0.4 is 5.32 Å². The van der Waals surface area contributed by atoms with Crippen molar-refractivity contribution in [1.29, 1.82) is 0 Å². The minimum atomic E-state index is -0.881. The van der Waals surface area contributed by atoms with E-state index >= 15 is 0 Å². The fraction of sp³-hybridized carbons (Fsp3) is 0.667. The standard InChI is InChI=1S/C15H22N2O3S/c1-14(2,3)10-9-21-13(16-10)17-11(18)8-15(12(19)20)6-4-5-7-15/h9H,4-8H2,1-3H3,(H,19,20)(H,16,17,18). The zero-order valence-electron chi connectivity index (χ0n) is 12.7. The third-order valence-corrected chi connectivity index (χ3v) is 4.79. The van der Waals surface area contributed by atoms with Gasteiger partial charge in [-0.2, -0.15) is 0 Å². The summed E-state index contributed by atoms with van der Waals surface area (Å²) in [6.45, 7) is 6.18. The van der Waals surface area contributed by atoms with E-state index in [1.807, 2.05) is 5.38 Å². The Morgan fingerprint density at radius 3 is 2.48 bits per heavy atom. The number of carboxylic acid groups (broad SMARTS) is 1. The number of aromatic nitrogens is 1. The Morgan fingerprint density at radius 1 is 1.38 bits per heavy atom. The minimum absolute atomic E-state index is 0.0345. The van der Waals surface area contributed by atoms with Crippen molar-refractivity contribution in [2.75, 3.05) is 5.32 Å². The SMILES string of the molecule is CC(C)(C)c1csc(NC(=O)CC2(C(=O)O)CCCC2)n1. The van der Waals surface area contributed by atoms with Crippen LogP contribution in [0.25, 0.3) is 0 Å². The van der Waals surface area contributed by atoms with E-state index in [0.717, 1.165) is 18.5 Å². The maximum Gasteiger partial charge on any atom is 0.310 e. The molecule has 0 atom stereocenters. The number of carboxylic acids is 1. The largest absolute Gasteiger partial charge is 0.481 e. The molecule has 0 saturated heterocycles. The van der Waals surface area contributed by atoms with E-state index in [1.165, 1.54) is 11.3 Å². The van der Waals surface area contributed by atoms with Gasteiger partial charge in [0.25, 0.3) is 0 Å². The van der Waals surface area contributed by atoms with Crippen LogP contribution in [0.4, 0.5) is 5.13 Å². The van der Waals surface area contributed by atoms with Crippen LogP contribution in [0.15, 0.2) is 5.38 Å². The highest BCUT2D eigenvalue weighted by Crippen LogP contribution is 2.41. The van der Waals surface area contributed by atoms with Crippen LogP contribution in [0.3, 0.4) is 0 Å². The Kier molecular flexibility index (Phi) is 4.37. The number of nitrogens with one attached hydrogen (secondary N) is 1. The van der Waals surface area contributed by atoms with Gasteiger partial charge in [-0.15, -0.1) is 11.3 Å². The van der Waals surface area contributed by atoms with Crippen molar-refractivity contribution in [2.45, 2.75) is 58.3 Å². The first-order chi connectivity index (χ1) is 9.73. The van der Waals surface area contributed by atoms with Crippen LogP contribution in [-0.4, -0.2) is 22.0 Å². The normalized spacial score (nSPS) is 17.7. The number of hydrogen-bond donors (Lipinski definition) is 2. The smallest absolute Gasteiger partial charge is 0.310 e. The van der Waals surface area contributed by atoms with Gasteiger partial charge in [0.2, 0.25) is 5.91 Å². The second kappa shape index (κ2) is 5.75. The van der Waals surface area contributed by atoms with E-state index in [4.69, 9.17) is 0 Å². The average molecular weight is 310 g/mol. The van der Waals surface area contributed by atoms with Crippen LogP contribution in [0.5, 0.6) is 0 Å². The molecule has 5 nitrogen and oxygen atoms in total. The van der Waals surface area contributed by atoms with Gasteiger partial charge in [-0.25, -0.2) is 4.98 Å². The highest BCUT2D eigenvalue weighted by atomic mass is 32.1. The summed E-state index contributed by atoms with van der Waals surface area (Å²) in [5.41, 5.74) is -0.0156. The molecule has 0 aliphatic heterocycles. The average Bonchev–Trinajstić information content (AvgIpc) is 2.97. The highest BCUT2D eigenvalue weighted by molar-refractivity contribution is 7.13. The fourth-order valence-corrected chi connectivity index (χ4v) is 3.62. The molecule has 6 heteroatoms. The van der Waals surface area contributed by atoms with Crippen molar-refractivity contribution in [3.8, 4) is 0 Å².